The quantitative estimate of drug-likeness (QED) is 0.584. The zero-order valence-corrected chi connectivity index (χ0v) is 9.42. The molecule has 0 bridgehead atoms. The van der Waals surface area contributed by atoms with E-state index in [-0.39, 0.29) is 5.78 Å². The van der Waals surface area contributed by atoms with Gasteiger partial charge in [0.15, 0.2) is 5.78 Å². The van der Waals surface area contributed by atoms with E-state index in [1.807, 2.05) is 37.3 Å². The number of hydrogen-bond acceptors (Lipinski definition) is 3. The average Bonchev–Trinajstić information content (AvgIpc) is 2.39. The summed E-state index contributed by atoms with van der Waals surface area (Å²) < 4.78 is 0. The zero-order chi connectivity index (χ0) is 11.4. The third kappa shape index (κ3) is 2.24. The molecule has 2 N–H and O–H groups in total. The van der Waals surface area contributed by atoms with Gasteiger partial charge in [0.05, 0.1) is 0 Å². The maximum Gasteiger partial charge on any atom is 0.192 e. The normalized spacial score (nSPS) is 14.9. The first-order chi connectivity index (χ1) is 7.79. The average molecular weight is 216 g/mol. The Labute approximate surface area is 95.6 Å². The number of benzene rings is 1. The van der Waals surface area contributed by atoms with Crippen molar-refractivity contribution in [2.24, 2.45) is 0 Å². The summed E-state index contributed by atoms with van der Waals surface area (Å²) in [5.74, 6) is 0.956. The van der Waals surface area contributed by atoms with E-state index in [4.69, 9.17) is 0 Å². The van der Waals surface area contributed by atoms with E-state index in [0.717, 1.165) is 36.5 Å². The van der Waals surface area contributed by atoms with Crippen LogP contribution in [0.3, 0.4) is 0 Å². The van der Waals surface area contributed by atoms with Crippen LogP contribution in [0.1, 0.15) is 23.7 Å². The Kier molecular flexibility index (Phi) is 3.25. The molecule has 0 aliphatic carbocycles. The van der Waals surface area contributed by atoms with Crippen molar-refractivity contribution < 1.29 is 4.79 Å². The molecule has 1 aromatic carbocycles. The van der Waals surface area contributed by atoms with Gasteiger partial charge in [-0.3, -0.25) is 4.79 Å². The van der Waals surface area contributed by atoms with Crippen molar-refractivity contribution in [2.75, 3.05) is 13.1 Å². The molecule has 1 aromatic rings. The first-order valence-corrected chi connectivity index (χ1v) is 5.57. The molecule has 16 heavy (non-hydrogen) atoms. The van der Waals surface area contributed by atoms with E-state index in [2.05, 4.69) is 10.6 Å². The van der Waals surface area contributed by atoms with Crippen LogP contribution in [0.25, 0.3) is 0 Å². The smallest absolute Gasteiger partial charge is 0.192 e. The minimum absolute atomic E-state index is 0.0810. The molecule has 1 fully saturated rings. The maximum atomic E-state index is 12.1. The molecular weight excluding hydrogens is 200 g/mol. The summed E-state index contributed by atoms with van der Waals surface area (Å²) in [6.45, 7) is 3.72. The van der Waals surface area contributed by atoms with E-state index in [0.29, 0.717) is 0 Å². The number of ketones is 1. The minimum Gasteiger partial charge on any atom is -0.372 e. The summed E-state index contributed by atoms with van der Waals surface area (Å²) in [5, 5.41) is 6.43. The molecule has 0 saturated carbocycles. The number of allylic oxidation sites excluding steroid dienone is 1. The lowest BCUT2D eigenvalue weighted by molar-refractivity contribution is 0.103. The summed E-state index contributed by atoms with van der Waals surface area (Å²) in [6.07, 6.45) is 1.09. The van der Waals surface area contributed by atoms with Gasteiger partial charge < -0.3 is 10.6 Å². The lowest BCUT2D eigenvalue weighted by Crippen LogP contribution is -2.37. The highest BCUT2D eigenvalue weighted by Crippen LogP contribution is 2.10. The predicted octanol–water partition coefficient (Wildman–Crippen LogP) is 1.68. The first-order valence-electron chi connectivity index (χ1n) is 5.57. The largest absolute Gasteiger partial charge is 0.372 e. The Balaban J connectivity index is 2.21. The fourth-order valence-corrected chi connectivity index (χ4v) is 1.76. The molecule has 0 aromatic heterocycles. The van der Waals surface area contributed by atoms with Gasteiger partial charge in [0.1, 0.15) is 5.82 Å². The standard InChI is InChI=1S/C13H16N2O/c1-10(13-14-8-5-9-15-13)12(16)11-6-3-2-4-7-11/h2-4,6-7,14-15H,5,8-9H2,1H3. The number of carbonyl (C=O) groups is 1. The third-order valence-electron chi connectivity index (χ3n) is 2.71. The van der Waals surface area contributed by atoms with Crippen molar-refractivity contribution in [3.63, 3.8) is 0 Å². The molecule has 0 unspecified atom stereocenters. The Hall–Kier alpha value is -1.77. The Bertz CT molecular complexity index is 401. The van der Waals surface area contributed by atoms with Gasteiger partial charge in [-0.15, -0.1) is 0 Å². The van der Waals surface area contributed by atoms with Crippen molar-refractivity contribution in [1.82, 2.24) is 10.6 Å². The highest BCUT2D eigenvalue weighted by atomic mass is 16.1. The number of carbonyl (C=O) groups excluding carboxylic acids is 1. The van der Waals surface area contributed by atoms with Crippen LogP contribution in [-0.4, -0.2) is 18.9 Å². The highest BCUT2D eigenvalue weighted by Gasteiger charge is 2.14. The zero-order valence-electron chi connectivity index (χ0n) is 9.42. The predicted molar refractivity (Wildman–Crippen MR) is 64.1 cm³/mol. The van der Waals surface area contributed by atoms with Crippen molar-refractivity contribution in [3.05, 3.63) is 47.3 Å². The molecule has 2 rings (SSSR count). The lowest BCUT2D eigenvalue weighted by atomic mass is 10.0. The molecule has 0 spiro atoms. The summed E-state index contributed by atoms with van der Waals surface area (Å²) in [7, 11) is 0. The van der Waals surface area contributed by atoms with Gasteiger partial charge >= 0.3 is 0 Å². The van der Waals surface area contributed by atoms with Crippen LogP contribution >= 0.6 is 0 Å². The van der Waals surface area contributed by atoms with E-state index in [1.54, 1.807) is 0 Å². The molecule has 0 amide bonds. The van der Waals surface area contributed by atoms with Crippen LogP contribution in [0.2, 0.25) is 0 Å². The fraction of sp³-hybridized carbons (Fsp3) is 0.308. The molecular formula is C13H16N2O. The summed E-state index contributed by atoms with van der Waals surface area (Å²) in [4.78, 5) is 12.1. The van der Waals surface area contributed by atoms with Crippen molar-refractivity contribution in [3.8, 4) is 0 Å². The number of Topliss-reactive ketones (excluding diaryl/α,β-unsaturated/α-hetero) is 1. The Morgan fingerprint density at radius 2 is 1.75 bits per heavy atom. The lowest BCUT2D eigenvalue weighted by Gasteiger charge is -2.21. The van der Waals surface area contributed by atoms with Gasteiger partial charge in [-0.05, 0) is 13.3 Å². The van der Waals surface area contributed by atoms with Gasteiger partial charge in [0.25, 0.3) is 0 Å². The second-order valence-corrected chi connectivity index (χ2v) is 3.90. The number of nitrogens with one attached hydrogen (secondary N) is 2. The van der Waals surface area contributed by atoms with Crippen LogP contribution in [0.4, 0.5) is 0 Å². The summed E-state index contributed by atoms with van der Waals surface area (Å²) in [6, 6.07) is 9.36. The number of hydrogen-bond donors (Lipinski definition) is 2. The van der Waals surface area contributed by atoms with E-state index in [9.17, 15) is 4.79 Å². The fourth-order valence-electron chi connectivity index (χ4n) is 1.76. The van der Waals surface area contributed by atoms with Crippen molar-refractivity contribution in [1.29, 1.82) is 0 Å². The second kappa shape index (κ2) is 4.84. The van der Waals surface area contributed by atoms with Crippen LogP contribution in [0.5, 0.6) is 0 Å². The summed E-state index contributed by atoms with van der Waals surface area (Å²) >= 11 is 0. The Morgan fingerprint density at radius 3 is 2.38 bits per heavy atom. The molecule has 0 radical (unpaired) electrons. The van der Waals surface area contributed by atoms with Gasteiger partial charge in [-0.1, -0.05) is 30.3 Å². The molecule has 1 aliphatic heterocycles. The highest BCUT2D eigenvalue weighted by molar-refractivity contribution is 6.08. The van der Waals surface area contributed by atoms with Crippen LogP contribution < -0.4 is 10.6 Å². The molecule has 1 aliphatic rings. The molecule has 0 atom stereocenters. The van der Waals surface area contributed by atoms with Gasteiger partial charge in [0, 0.05) is 24.2 Å². The molecule has 1 saturated heterocycles. The SMILES string of the molecule is CC(C(=O)c1ccccc1)=C1NCCCN1. The van der Waals surface area contributed by atoms with Crippen molar-refractivity contribution in [2.45, 2.75) is 13.3 Å². The monoisotopic (exact) mass is 216 g/mol. The van der Waals surface area contributed by atoms with Gasteiger partial charge in [0.2, 0.25) is 0 Å². The van der Waals surface area contributed by atoms with Gasteiger partial charge in [-0.2, -0.15) is 0 Å². The maximum absolute atomic E-state index is 12.1. The van der Waals surface area contributed by atoms with E-state index < -0.39 is 0 Å². The second-order valence-electron chi connectivity index (χ2n) is 3.90. The van der Waals surface area contributed by atoms with Gasteiger partial charge in [-0.25, -0.2) is 0 Å². The molecule has 3 heteroatoms. The van der Waals surface area contributed by atoms with Crippen LogP contribution in [0.15, 0.2) is 41.7 Å². The topological polar surface area (TPSA) is 41.1 Å². The van der Waals surface area contributed by atoms with Crippen LogP contribution in [0, 0.1) is 0 Å². The van der Waals surface area contributed by atoms with E-state index >= 15 is 0 Å². The molecule has 84 valence electrons. The van der Waals surface area contributed by atoms with E-state index in [1.165, 1.54) is 0 Å². The van der Waals surface area contributed by atoms with Crippen LogP contribution in [-0.2, 0) is 0 Å². The third-order valence-corrected chi connectivity index (χ3v) is 2.71. The number of rotatable bonds is 2. The Morgan fingerprint density at radius 1 is 1.12 bits per heavy atom. The van der Waals surface area contributed by atoms with Crippen molar-refractivity contribution >= 4 is 5.78 Å². The first kappa shape index (κ1) is 10.7. The minimum atomic E-state index is 0.0810. The summed E-state index contributed by atoms with van der Waals surface area (Å²) in [5.41, 5.74) is 1.49. The molecule has 1 heterocycles. The molecule has 3 nitrogen and oxygen atoms in total.